The van der Waals surface area contributed by atoms with Crippen molar-refractivity contribution in [3.05, 3.63) is 21.4 Å². The van der Waals surface area contributed by atoms with Crippen LogP contribution >= 0.6 is 11.3 Å². The van der Waals surface area contributed by atoms with Crippen molar-refractivity contribution in [2.75, 3.05) is 6.54 Å². The molecule has 2 heterocycles. The van der Waals surface area contributed by atoms with Crippen molar-refractivity contribution in [1.82, 2.24) is 5.32 Å². The number of hydrogen-bond donors (Lipinski definition) is 3. The molecule has 1 aliphatic heterocycles. The first-order valence-corrected chi connectivity index (χ1v) is 6.24. The SMILES string of the molecule is Cc1sc(C2NCCCC2N)cc1C(=O)O. The van der Waals surface area contributed by atoms with Gasteiger partial charge in [0.1, 0.15) is 0 Å². The van der Waals surface area contributed by atoms with Crippen LogP contribution in [0.4, 0.5) is 0 Å². The Hall–Kier alpha value is -0.910. The fourth-order valence-electron chi connectivity index (χ4n) is 2.10. The molecule has 1 fully saturated rings. The number of carboxylic acid groups (broad SMARTS) is 1. The van der Waals surface area contributed by atoms with Crippen molar-refractivity contribution < 1.29 is 9.90 Å². The third-order valence-electron chi connectivity index (χ3n) is 2.98. The standard InChI is InChI=1S/C11H16N2O2S/c1-6-7(11(14)15)5-9(16-6)10-8(12)3-2-4-13-10/h5,8,10,13H,2-4,12H2,1H3,(H,14,15). The van der Waals surface area contributed by atoms with Crippen LogP contribution in [-0.2, 0) is 0 Å². The van der Waals surface area contributed by atoms with E-state index in [2.05, 4.69) is 5.32 Å². The Kier molecular flexibility index (Phi) is 3.28. The average molecular weight is 240 g/mol. The number of rotatable bonds is 2. The fraction of sp³-hybridized carbons (Fsp3) is 0.545. The maximum atomic E-state index is 11.0. The van der Waals surface area contributed by atoms with Gasteiger partial charge in [-0.05, 0) is 32.4 Å². The Morgan fingerprint density at radius 3 is 3.00 bits per heavy atom. The molecule has 0 bridgehead atoms. The molecule has 4 N–H and O–H groups in total. The van der Waals surface area contributed by atoms with E-state index in [0.29, 0.717) is 5.56 Å². The van der Waals surface area contributed by atoms with Gasteiger partial charge in [-0.25, -0.2) is 4.79 Å². The van der Waals surface area contributed by atoms with Crippen LogP contribution in [0.3, 0.4) is 0 Å². The second kappa shape index (κ2) is 4.53. The first kappa shape index (κ1) is 11.6. The molecular weight excluding hydrogens is 224 g/mol. The summed E-state index contributed by atoms with van der Waals surface area (Å²) in [5.74, 6) is -0.857. The summed E-state index contributed by atoms with van der Waals surface area (Å²) < 4.78 is 0. The van der Waals surface area contributed by atoms with Crippen molar-refractivity contribution in [3.8, 4) is 0 Å². The number of aromatic carboxylic acids is 1. The summed E-state index contributed by atoms with van der Waals surface area (Å²) in [7, 11) is 0. The minimum atomic E-state index is -0.857. The number of nitrogens with two attached hydrogens (primary N) is 1. The minimum Gasteiger partial charge on any atom is -0.478 e. The summed E-state index contributed by atoms with van der Waals surface area (Å²) in [6.45, 7) is 2.80. The van der Waals surface area contributed by atoms with E-state index in [1.54, 1.807) is 6.07 Å². The van der Waals surface area contributed by atoms with Crippen molar-refractivity contribution in [1.29, 1.82) is 0 Å². The quantitative estimate of drug-likeness (QED) is 0.732. The van der Waals surface area contributed by atoms with Crippen molar-refractivity contribution >= 4 is 17.3 Å². The number of carboxylic acids is 1. The van der Waals surface area contributed by atoms with Crippen LogP contribution in [0.15, 0.2) is 6.07 Å². The van der Waals surface area contributed by atoms with Crippen LogP contribution in [0.1, 0.15) is 39.0 Å². The molecule has 4 nitrogen and oxygen atoms in total. The zero-order chi connectivity index (χ0) is 11.7. The summed E-state index contributed by atoms with van der Waals surface area (Å²) >= 11 is 1.53. The molecule has 0 spiro atoms. The van der Waals surface area contributed by atoms with E-state index in [4.69, 9.17) is 10.8 Å². The van der Waals surface area contributed by atoms with Gasteiger partial charge in [-0.3, -0.25) is 0 Å². The van der Waals surface area contributed by atoms with Crippen LogP contribution in [0, 0.1) is 6.92 Å². The molecule has 0 aliphatic carbocycles. The van der Waals surface area contributed by atoms with Crippen LogP contribution in [0.2, 0.25) is 0 Å². The lowest BCUT2D eigenvalue weighted by atomic mass is 9.98. The second-order valence-corrected chi connectivity index (χ2v) is 5.45. The summed E-state index contributed by atoms with van der Waals surface area (Å²) in [6.07, 6.45) is 2.09. The van der Waals surface area contributed by atoms with E-state index >= 15 is 0 Å². The predicted molar refractivity (Wildman–Crippen MR) is 64.0 cm³/mol. The van der Waals surface area contributed by atoms with Crippen molar-refractivity contribution in [3.63, 3.8) is 0 Å². The van der Waals surface area contributed by atoms with Gasteiger partial charge in [0.2, 0.25) is 0 Å². The molecule has 5 heteroatoms. The van der Waals surface area contributed by atoms with Gasteiger partial charge in [-0.2, -0.15) is 0 Å². The van der Waals surface area contributed by atoms with E-state index in [0.717, 1.165) is 29.1 Å². The third kappa shape index (κ3) is 2.11. The molecule has 0 amide bonds. The molecule has 88 valence electrons. The van der Waals surface area contributed by atoms with Gasteiger partial charge in [0, 0.05) is 15.8 Å². The summed E-state index contributed by atoms with van der Waals surface area (Å²) in [4.78, 5) is 12.8. The van der Waals surface area contributed by atoms with Gasteiger partial charge in [0.15, 0.2) is 0 Å². The van der Waals surface area contributed by atoms with Gasteiger partial charge < -0.3 is 16.2 Å². The van der Waals surface area contributed by atoms with E-state index in [1.807, 2.05) is 6.92 Å². The first-order valence-electron chi connectivity index (χ1n) is 5.42. The summed E-state index contributed by atoms with van der Waals surface area (Å²) in [5, 5.41) is 12.4. The molecular formula is C11H16N2O2S. The molecule has 0 aromatic carbocycles. The van der Waals surface area contributed by atoms with E-state index in [9.17, 15) is 4.79 Å². The minimum absolute atomic E-state index is 0.0912. The monoisotopic (exact) mass is 240 g/mol. The van der Waals surface area contributed by atoms with Crippen LogP contribution in [0.25, 0.3) is 0 Å². The van der Waals surface area contributed by atoms with Gasteiger partial charge in [-0.15, -0.1) is 11.3 Å². The largest absolute Gasteiger partial charge is 0.478 e. The normalized spacial score (nSPS) is 25.6. The first-order chi connectivity index (χ1) is 7.59. The van der Waals surface area contributed by atoms with E-state index in [1.165, 1.54) is 11.3 Å². The maximum absolute atomic E-state index is 11.0. The highest BCUT2D eigenvalue weighted by atomic mass is 32.1. The number of aryl methyl sites for hydroxylation is 1. The highest BCUT2D eigenvalue weighted by molar-refractivity contribution is 7.12. The second-order valence-electron chi connectivity index (χ2n) is 4.16. The molecule has 0 saturated carbocycles. The molecule has 2 rings (SSSR count). The van der Waals surface area contributed by atoms with E-state index < -0.39 is 5.97 Å². The molecule has 1 aromatic heterocycles. The van der Waals surface area contributed by atoms with Gasteiger partial charge >= 0.3 is 5.97 Å². The molecule has 1 saturated heterocycles. The van der Waals surface area contributed by atoms with Gasteiger partial charge in [-0.1, -0.05) is 0 Å². The highest BCUT2D eigenvalue weighted by Gasteiger charge is 2.25. The third-order valence-corrected chi connectivity index (χ3v) is 4.11. The smallest absolute Gasteiger partial charge is 0.336 e. The van der Waals surface area contributed by atoms with E-state index in [-0.39, 0.29) is 12.1 Å². The lowest BCUT2D eigenvalue weighted by Gasteiger charge is -2.29. The van der Waals surface area contributed by atoms with Crippen LogP contribution in [-0.4, -0.2) is 23.7 Å². The summed E-state index contributed by atoms with van der Waals surface area (Å²) in [5.41, 5.74) is 6.45. The van der Waals surface area contributed by atoms with Gasteiger partial charge in [0.25, 0.3) is 0 Å². The topological polar surface area (TPSA) is 75.3 Å². The highest BCUT2D eigenvalue weighted by Crippen LogP contribution is 2.30. The zero-order valence-electron chi connectivity index (χ0n) is 9.19. The van der Waals surface area contributed by atoms with Gasteiger partial charge in [0.05, 0.1) is 11.6 Å². The fourth-order valence-corrected chi connectivity index (χ4v) is 3.27. The average Bonchev–Trinajstić information content (AvgIpc) is 2.61. The Bertz CT molecular complexity index is 403. The maximum Gasteiger partial charge on any atom is 0.336 e. The zero-order valence-corrected chi connectivity index (χ0v) is 10.0. The molecule has 2 atom stereocenters. The number of nitrogens with one attached hydrogen (secondary N) is 1. The van der Waals surface area contributed by atoms with Crippen LogP contribution in [0.5, 0.6) is 0 Å². The number of hydrogen-bond acceptors (Lipinski definition) is 4. The number of piperidine rings is 1. The Balaban J connectivity index is 2.26. The van der Waals surface area contributed by atoms with Crippen molar-refractivity contribution in [2.24, 2.45) is 5.73 Å². The molecule has 1 aromatic rings. The van der Waals surface area contributed by atoms with Crippen molar-refractivity contribution in [2.45, 2.75) is 31.8 Å². The molecule has 2 unspecified atom stereocenters. The van der Waals surface area contributed by atoms with Crippen LogP contribution < -0.4 is 11.1 Å². The number of carbonyl (C=O) groups is 1. The molecule has 16 heavy (non-hydrogen) atoms. The molecule has 1 aliphatic rings. The summed E-state index contributed by atoms with van der Waals surface area (Å²) in [6, 6.07) is 1.96. The lowest BCUT2D eigenvalue weighted by Crippen LogP contribution is -2.42. The number of thiophene rings is 1. The Labute approximate surface area is 98.5 Å². The Morgan fingerprint density at radius 1 is 1.69 bits per heavy atom. The predicted octanol–water partition coefficient (Wildman–Crippen LogP) is 1.51. The molecule has 0 radical (unpaired) electrons. The Morgan fingerprint density at radius 2 is 2.44 bits per heavy atom. The lowest BCUT2D eigenvalue weighted by molar-refractivity contribution is 0.0696.